The Hall–Kier alpha value is -2.16. The molecule has 3 heteroatoms. The van der Waals surface area contributed by atoms with Crippen LogP contribution in [0.4, 0.5) is 11.4 Å². The van der Waals surface area contributed by atoms with Gasteiger partial charge in [-0.2, -0.15) is 0 Å². The van der Waals surface area contributed by atoms with Crippen molar-refractivity contribution < 1.29 is 4.74 Å². The van der Waals surface area contributed by atoms with Crippen molar-refractivity contribution in [1.82, 2.24) is 0 Å². The van der Waals surface area contributed by atoms with Gasteiger partial charge in [-0.1, -0.05) is 12.1 Å². The van der Waals surface area contributed by atoms with Gasteiger partial charge in [0.25, 0.3) is 0 Å². The molecule has 0 saturated heterocycles. The van der Waals surface area contributed by atoms with Gasteiger partial charge >= 0.3 is 0 Å². The van der Waals surface area contributed by atoms with Crippen molar-refractivity contribution in [2.75, 3.05) is 37.5 Å². The van der Waals surface area contributed by atoms with Gasteiger partial charge in [0.05, 0.1) is 7.11 Å². The van der Waals surface area contributed by atoms with Gasteiger partial charge < -0.3 is 15.0 Å². The molecule has 2 aromatic rings. The molecule has 0 atom stereocenters. The van der Waals surface area contributed by atoms with Gasteiger partial charge in [-0.05, 0) is 60.7 Å². The minimum atomic E-state index is 0.913. The second-order valence-electron chi connectivity index (χ2n) is 5.89. The molecule has 0 aromatic heterocycles. The maximum absolute atomic E-state index is 5.18. The second-order valence-corrected chi connectivity index (χ2v) is 5.89. The minimum Gasteiger partial charge on any atom is -0.497 e. The third kappa shape index (κ3) is 3.35. The summed E-state index contributed by atoms with van der Waals surface area (Å²) in [4.78, 5) is 2.35. The molecule has 3 nitrogen and oxygen atoms in total. The lowest BCUT2D eigenvalue weighted by atomic mass is 10.0. The summed E-state index contributed by atoms with van der Waals surface area (Å²) in [7, 11) is 3.87. The molecule has 0 saturated carbocycles. The van der Waals surface area contributed by atoms with E-state index in [1.54, 1.807) is 7.11 Å². The molecule has 1 aliphatic rings. The molecule has 3 rings (SSSR count). The van der Waals surface area contributed by atoms with Crippen molar-refractivity contribution >= 4 is 11.4 Å². The fourth-order valence-corrected chi connectivity index (χ4v) is 3.04. The molecule has 1 N–H and O–H groups in total. The first-order chi connectivity index (χ1) is 10.8. The Morgan fingerprint density at radius 1 is 1.14 bits per heavy atom. The number of benzene rings is 2. The zero-order chi connectivity index (χ0) is 15.4. The number of rotatable bonds is 5. The van der Waals surface area contributed by atoms with Crippen LogP contribution in [0.2, 0.25) is 0 Å². The third-order valence-electron chi connectivity index (χ3n) is 4.33. The Bertz CT molecular complexity index is 622. The quantitative estimate of drug-likeness (QED) is 0.910. The summed E-state index contributed by atoms with van der Waals surface area (Å²) in [6.45, 7) is 2.11. The number of aryl methyl sites for hydroxylation is 1. The van der Waals surface area contributed by atoms with E-state index >= 15 is 0 Å². The highest BCUT2D eigenvalue weighted by Crippen LogP contribution is 2.28. The summed E-state index contributed by atoms with van der Waals surface area (Å²) in [5, 5.41) is 3.54. The average molecular weight is 296 g/mol. The van der Waals surface area contributed by atoms with E-state index < -0.39 is 0 Å². The molecule has 22 heavy (non-hydrogen) atoms. The predicted octanol–water partition coefficient (Wildman–Crippen LogP) is 3.73. The molecular weight excluding hydrogens is 272 g/mol. The second kappa shape index (κ2) is 6.73. The molecule has 1 aliphatic heterocycles. The van der Waals surface area contributed by atoms with Crippen molar-refractivity contribution in [2.45, 2.75) is 19.3 Å². The van der Waals surface area contributed by atoms with Crippen LogP contribution in [-0.2, 0) is 12.8 Å². The Balaban J connectivity index is 1.57. The number of anilines is 2. The summed E-state index contributed by atoms with van der Waals surface area (Å²) < 4.78 is 5.18. The molecular formula is C19H24N2O. The van der Waals surface area contributed by atoms with Crippen LogP contribution in [-0.4, -0.2) is 27.2 Å². The maximum atomic E-state index is 5.18. The molecule has 116 valence electrons. The fraction of sp³-hybridized carbons (Fsp3) is 0.368. The summed E-state index contributed by atoms with van der Waals surface area (Å²) >= 11 is 0. The van der Waals surface area contributed by atoms with Crippen LogP contribution >= 0.6 is 0 Å². The Morgan fingerprint density at radius 2 is 1.95 bits per heavy atom. The smallest absolute Gasteiger partial charge is 0.118 e. The number of hydrogen-bond donors (Lipinski definition) is 1. The van der Waals surface area contributed by atoms with Gasteiger partial charge in [0, 0.05) is 31.5 Å². The first kappa shape index (κ1) is 14.8. The number of nitrogens with zero attached hydrogens (tertiary/aromatic N) is 1. The number of nitrogens with one attached hydrogen (secondary N) is 1. The van der Waals surface area contributed by atoms with E-state index in [4.69, 9.17) is 4.74 Å². The highest BCUT2D eigenvalue weighted by Gasteiger charge is 2.13. The van der Waals surface area contributed by atoms with E-state index in [0.29, 0.717) is 0 Å². The molecule has 0 radical (unpaired) electrons. The average Bonchev–Trinajstić information content (AvgIpc) is 2.56. The van der Waals surface area contributed by atoms with Gasteiger partial charge in [-0.25, -0.2) is 0 Å². The standard InChI is InChI=1S/C19H24N2O/c1-21-13-3-4-16-14-17(7-10-19(16)21)20-12-11-15-5-8-18(22-2)9-6-15/h5-10,14,20H,3-4,11-13H2,1-2H3. The van der Waals surface area contributed by atoms with Gasteiger partial charge in [0.15, 0.2) is 0 Å². The van der Waals surface area contributed by atoms with E-state index in [1.807, 2.05) is 12.1 Å². The van der Waals surface area contributed by atoms with Crippen LogP contribution in [0.1, 0.15) is 17.5 Å². The Kier molecular flexibility index (Phi) is 4.52. The van der Waals surface area contributed by atoms with E-state index in [0.717, 1.165) is 25.3 Å². The SMILES string of the molecule is COc1ccc(CCNc2ccc3c(c2)CCCN3C)cc1. The van der Waals surface area contributed by atoms with Crippen molar-refractivity contribution in [3.63, 3.8) is 0 Å². The normalized spacial score (nSPS) is 13.6. The van der Waals surface area contributed by atoms with E-state index in [2.05, 4.69) is 47.6 Å². The van der Waals surface area contributed by atoms with Crippen LogP contribution < -0.4 is 15.0 Å². The molecule has 0 bridgehead atoms. The number of fused-ring (bicyclic) bond motifs is 1. The highest BCUT2D eigenvalue weighted by molar-refractivity contribution is 5.62. The maximum Gasteiger partial charge on any atom is 0.118 e. The van der Waals surface area contributed by atoms with Crippen molar-refractivity contribution in [1.29, 1.82) is 0 Å². The lowest BCUT2D eigenvalue weighted by molar-refractivity contribution is 0.414. The van der Waals surface area contributed by atoms with Crippen LogP contribution in [0.25, 0.3) is 0 Å². The van der Waals surface area contributed by atoms with E-state index in [9.17, 15) is 0 Å². The molecule has 0 fully saturated rings. The number of ether oxygens (including phenoxy) is 1. The van der Waals surface area contributed by atoms with Gasteiger partial charge in [-0.15, -0.1) is 0 Å². The van der Waals surface area contributed by atoms with Crippen LogP contribution in [0.5, 0.6) is 5.75 Å². The molecule has 2 aromatic carbocycles. The fourth-order valence-electron chi connectivity index (χ4n) is 3.04. The molecule has 0 unspecified atom stereocenters. The lowest BCUT2D eigenvalue weighted by Crippen LogP contribution is -2.24. The molecule has 1 heterocycles. The van der Waals surface area contributed by atoms with E-state index in [1.165, 1.54) is 35.3 Å². The highest BCUT2D eigenvalue weighted by atomic mass is 16.5. The van der Waals surface area contributed by atoms with E-state index in [-0.39, 0.29) is 0 Å². The third-order valence-corrected chi connectivity index (χ3v) is 4.33. The topological polar surface area (TPSA) is 24.5 Å². The predicted molar refractivity (Wildman–Crippen MR) is 93.2 cm³/mol. The van der Waals surface area contributed by atoms with Crippen molar-refractivity contribution in [3.8, 4) is 5.75 Å². The largest absolute Gasteiger partial charge is 0.497 e. The van der Waals surface area contributed by atoms with Gasteiger partial charge in [0.2, 0.25) is 0 Å². The Labute approximate surface area is 132 Å². The molecule has 0 spiro atoms. The number of hydrogen-bond acceptors (Lipinski definition) is 3. The molecule has 0 aliphatic carbocycles. The number of methoxy groups -OCH3 is 1. The van der Waals surface area contributed by atoms with Gasteiger partial charge in [0.1, 0.15) is 5.75 Å². The van der Waals surface area contributed by atoms with Crippen LogP contribution in [0, 0.1) is 0 Å². The summed E-state index contributed by atoms with van der Waals surface area (Å²) in [6.07, 6.45) is 3.45. The first-order valence-electron chi connectivity index (χ1n) is 7.97. The van der Waals surface area contributed by atoms with Crippen molar-refractivity contribution in [3.05, 3.63) is 53.6 Å². The lowest BCUT2D eigenvalue weighted by Gasteiger charge is -2.28. The summed E-state index contributed by atoms with van der Waals surface area (Å²) in [6, 6.07) is 15.0. The first-order valence-corrected chi connectivity index (χ1v) is 7.97. The zero-order valence-corrected chi connectivity index (χ0v) is 13.4. The van der Waals surface area contributed by atoms with Crippen LogP contribution in [0.15, 0.2) is 42.5 Å². The minimum absolute atomic E-state index is 0.913. The van der Waals surface area contributed by atoms with Crippen LogP contribution in [0.3, 0.4) is 0 Å². The Morgan fingerprint density at radius 3 is 2.73 bits per heavy atom. The zero-order valence-electron chi connectivity index (χ0n) is 13.4. The summed E-state index contributed by atoms with van der Waals surface area (Å²) in [5.41, 5.74) is 5.39. The van der Waals surface area contributed by atoms with Crippen molar-refractivity contribution in [2.24, 2.45) is 0 Å². The monoisotopic (exact) mass is 296 g/mol. The van der Waals surface area contributed by atoms with Gasteiger partial charge in [-0.3, -0.25) is 0 Å². The summed E-state index contributed by atoms with van der Waals surface area (Å²) in [5.74, 6) is 0.913. The molecule has 0 amide bonds.